The molecule has 1 aliphatic heterocycles. The van der Waals surface area contributed by atoms with Crippen LogP contribution >= 0.6 is 0 Å². The number of aliphatic hydroxyl groups excluding tert-OH is 2. The van der Waals surface area contributed by atoms with Gasteiger partial charge < -0.3 is 15.1 Å². The first kappa shape index (κ1) is 20.1. The topological polar surface area (TPSA) is 56.6 Å². The summed E-state index contributed by atoms with van der Waals surface area (Å²) in [6.07, 6.45) is 6.03. The Morgan fingerprint density at radius 1 is 0.969 bits per heavy atom. The van der Waals surface area contributed by atoms with E-state index in [0.29, 0.717) is 5.92 Å². The summed E-state index contributed by atoms with van der Waals surface area (Å²) in [4.78, 5) is 6.81. The third-order valence-electron chi connectivity index (χ3n) is 8.17. The number of rotatable bonds is 5. The van der Waals surface area contributed by atoms with Gasteiger partial charge in [0, 0.05) is 30.3 Å². The lowest BCUT2D eigenvalue weighted by atomic mass is 9.74. The van der Waals surface area contributed by atoms with Crippen LogP contribution in [-0.4, -0.2) is 39.7 Å². The summed E-state index contributed by atoms with van der Waals surface area (Å²) in [7, 11) is 0. The van der Waals surface area contributed by atoms with Crippen LogP contribution in [0.3, 0.4) is 0 Å². The smallest absolute Gasteiger partial charge is 0.0834 e. The molecule has 4 nitrogen and oxygen atoms in total. The van der Waals surface area contributed by atoms with Gasteiger partial charge >= 0.3 is 0 Å². The van der Waals surface area contributed by atoms with E-state index in [1.54, 1.807) is 12.4 Å². The van der Waals surface area contributed by atoms with Crippen molar-refractivity contribution in [1.82, 2.24) is 9.88 Å². The van der Waals surface area contributed by atoms with Crippen LogP contribution in [0.2, 0.25) is 0 Å². The standard InChI is InChI=1S/C28H30N2O2/c31-17-19-13-21(16-29-15-19)27(32)20-9-11-30(12-10-20)18-28-14-24(22-5-1-3-7-25(22)28)23-6-2-4-8-26(23)28/h1-8,13,15-16,20,24,27,31-32H,9-12,14,17-18H2. The normalized spacial score (nSPS) is 25.5. The molecule has 0 amide bonds. The molecule has 3 aromatic rings. The van der Waals surface area contributed by atoms with Gasteiger partial charge in [-0.25, -0.2) is 0 Å². The summed E-state index contributed by atoms with van der Waals surface area (Å²) in [6.45, 7) is 3.02. The molecule has 3 aliphatic rings. The molecule has 2 heterocycles. The van der Waals surface area contributed by atoms with Crippen molar-refractivity contribution in [1.29, 1.82) is 0 Å². The van der Waals surface area contributed by atoms with Gasteiger partial charge in [-0.3, -0.25) is 4.98 Å². The average molecular weight is 427 g/mol. The number of likely N-dealkylation sites (tertiary alicyclic amines) is 1. The van der Waals surface area contributed by atoms with Crippen LogP contribution in [0.25, 0.3) is 0 Å². The van der Waals surface area contributed by atoms with Gasteiger partial charge in [-0.1, -0.05) is 48.5 Å². The molecule has 2 N–H and O–H groups in total. The average Bonchev–Trinajstić information content (AvgIpc) is 3.36. The summed E-state index contributed by atoms with van der Waals surface area (Å²) >= 11 is 0. The largest absolute Gasteiger partial charge is 0.392 e. The van der Waals surface area contributed by atoms with E-state index in [9.17, 15) is 10.2 Å². The van der Waals surface area contributed by atoms with E-state index in [2.05, 4.69) is 58.4 Å². The molecule has 32 heavy (non-hydrogen) atoms. The third kappa shape index (κ3) is 3.05. The third-order valence-corrected chi connectivity index (χ3v) is 8.17. The minimum Gasteiger partial charge on any atom is -0.392 e. The summed E-state index contributed by atoms with van der Waals surface area (Å²) in [5, 5.41) is 20.3. The maximum Gasteiger partial charge on any atom is 0.0834 e. The van der Waals surface area contributed by atoms with Gasteiger partial charge in [-0.05, 0) is 77.7 Å². The molecule has 164 valence electrons. The maximum absolute atomic E-state index is 11.0. The molecular formula is C28H30N2O2. The Balaban J connectivity index is 1.21. The Bertz CT molecular complexity index is 1090. The minimum absolute atomic E-state index is 0.0436. The van der Waals surface area contributed by atoms with Gasteiger partial charge in [0.05, 0.1) is 12.7 Å². The van der Waals surface area contributed by atoms with E-state index in [1.807, 2.05) is 6.07 Å². The highest BCUT2D eigenvalue weighted by atomic mass is 16.3. The molecule has 1 unspecified atom stereocenters. The number of pyridine rings is 1. The molecule has 1 saturated heterocycles. The van der Waals surface area contributed by atoms with Crippen molar-refractivity contribution in [2.24, 2.45) is 5.92 Å². The predicted molar refractivity (Wildman–Crippen MR) is 124 cm³/mol. The summed E-state index contributed by atoms with van der Waals surface area (Å²) in [6, 6.07) is 20.0. The first-order chi connectivity index (χ1) is 15.7. The van der Waals surface area contributed by atoms with E-state index in [0.717, 1.165) is 43.6 Å². The Kier molecular flexibility index (Phi) is 4.90. The number of fused-ring (bicyclic) bond motifs is 8. The molecular weight excluding hydrogens is 396 g/mol. The van der Waals surface area contributed by atoms with E-state index >= 15 is 0 Å². The zero-order valence-electron chi connectivity index (χ0n) is 18.3. The van der Waals surface area contributed by atoms with Gasteiger partial charge in [0.2, 0.25) is 0 Å². The molecule has 0 radical (unpaired) electrons. The molecule has 1 aromatic heterocycles. The number of hydrogen-bond acceptors (Lipinski definition) is 4. The zero-order chi connectivity index (χ0) is 21.7. The maximum atomic E-state index is 11.0. The second kappa shape index (κ2) is 7.80. The lowest BCUT2D eigenvalue weighted by Gasteiger charge is -2.40. The predicted octanol–water partition coefficient (Wildman–Crippen LogP) is 4.15. The summed E-state index contributed by atoms with van der Waals surface area (Å²) < 4.78 is 0. The van der Waals surface area contributed by atoms with Crippen molar-refractivity contribution in [3.05, 3.63) is 100 Å². The molecule has 0 saturated carbocycles. The van der Waals surface area contributed by atoms with Crippen molar-refractivity contribution in [3.63, 3.8) is 0 Å². The molecule has 4 heteroatoms. The van der Waals surface area contributed by atoms with Crippen LogP contribution in [0.15, 0.2) is 67.0 Å². The highest BCUT2D eigenvalue weighted by molar-refractivity contribution is 5.62. The molecule has 6 rings (SSSR count). The van der Waals surface area contributed by atoms with Crippen LogP contribution in [0.5, 0.6) is 0 Å². The second-order valence-electron chi connectivity index (χ2n) is 9.86. The molecule has 0 spiro atoms. The first-order valence-electron chi connectivity index (χ1n) is 11.8. The molecule has 1 fully saturated rings. The van der Waals surface area contributed by atoms with Crippen molar-refractivity contribution >= 4 is 0 Å². The van der Waals surface area contributed by atoms with Crippen LogP contribution in [0.4, 0.5) is 0 Å². The highest BCUT2D eigenvalue weighted by Crippen LogP contribution is 2.60. The fourth-order valence-corrected chi connectivity index (χ4v) is 6.65. The fraction of sp³-hybridized carbons (Fsp3) is 0.393. The number of aliphatic hydroxyl groups is 2. The quantitative estimate of drug-likeness (QED) is 0.643. The van der Waals surface area contributed by atoms with Gasteiger partial charge in [-0.2, -0.15) is 0 Å². The Morgan fingerprint density at radius 2 is 1.62 bits per heavy atom. The van der Waals surface area contributed by atoms with Gasteiger partial charge in [0.15, 0.2) is 0 Å². The van der Waals surface area contributed by atoms with Crippen molar-refractivity contribution < 1.29 is 10.2 Å². The van der Waals surface area contributed by atoms with E-state index in [1.165, 1.54) is 28.7 Å². The first-order valence-corrected chi connectivity index (χ1v) is 11.8. The number of hydrogen-bond donors (Lipinski definition) is 2. The summed E-state index contributed by atoms with van der Waals surface area (Å²) in [5.41, 5.74) is 7.78. The van der Waals surface area contributed by atoms with Crippen molar-refractivity contribution in [2.75, 3.05) is 19.6 Å². The molecule has 2 aromatic carbocycles. The monoisotopic (exact) mass is 426 g/mol. The minimum atomic E-state index is -0.516. The van der Waals surface area contributed by atoms with Crippen LogP contribution < -0.4 is 0 Å². The Hall–Kier alpha value is -2.53. The summed E-state index contributed by atoms with van der Waals surface area (Å²) in [5.74, 6) is 0.770. The lowest BCUT2D eigenvalue weighted by molar-refractivity contribution is 0.0537. The zero-order valence-corrected chi connectivity index (χ0v) is 18.3. The van der Waals surface area contributed by atoms with Gasteiger partial charge in [0.25, 0.3) is 0 Å². The SMILES string of the molecule is OCc1cncc(C(O)C2CCN(CC34CC(c5ccccc53)c3ccccc34)CC2)c1. The fourth-order valence-electron chi connectivity index (χ4n) is 6.65. The number of aromatic nitrogens is 1. The number of nitrogens with zero attached hydrogens (tertiary/aromatic N) is 2. The highest BCUT2D eigenvalue weighted by Gasteiger charge is 2.53. The van der Waals surface area contributed by atoms with E-state index in [-0.39, 0.29) is 17.9 Å². The van der Waals surface area contributed by atoms with E-state index < -0.39 is 6.10 Å². The van der Waals surface area contributed by atoms with Gasteiger partial charge in [0.1, 0.15) is 0 Å². The second-order valence-corrected chi connectivity index (χ2v) is 9.86. The van der Waals surface area contributed by atoms with Crippen LogP contribution in [0, 0.1) is 5.92 Å². The van der Waals surface area contributed by atoms with Crippen molar-refractivity contribution in [2.45, 2.75) is 43.3 Å². The molecule has 1 atom stereocenters. The van der Waals surface area contributed by atoms with E-state index in [4.69, 9.17) is 0 Å². The Labute approximate surface area is 189 Å². The molecule has 2 bridgehead atoms. The van der Waals surface area contributed by atoms with Crippen LogP contribution in [0.1, 0.15) is 64.7 Å². The number of piperidine rings is 1. The van der Waals surface area contributed by atoms with Gasteiger partial charge in [-0.15, -0.1) is 0 Å². The lowest BCUT2D eigenvalue weighted by Crippen LogP contribution is -2.44. The van der Waals surface area contributed by atoms with Crippen LogP contribution in [-0.2, 0) is 12.0 Å². The number of benzene rings is 2. The Morgan fingerprint density at radius 3 is 2.28 bits per heavy atom. The van der Waals surface area contributed by atoms with Crippen molar-refractivity contribution in [3.8, 4) is 0 Å². The molecule has 2 aliphatic carbocycles.